The number of carboxylic acid groups (broad SMARTS) is 1. The highest BCUT2D eigenvalue weighted by Crippen LogP contribution is 2.26. The maximum absolute atomic E-state index is 10.8. The van der Waals surface area contributed by atoms with E-state index in [0.717, 1.165) is 16.7 Å². The van der Waals surface area contributed by atoms with E-state index in [0.29, 0.717) is 12.3 Å². The zero-order valence-electron chi connectivity index (χ0n) is 10.9. The van der Waals surface area contributed by atoms with E-state index in [1.807, 2.05) is 35.0 Å². The first-order chi connectivity index (χ1) is 9.69. The summed E-state index contributed by atoms with van der Waals surface area (Å²) in [4.78, 5) is 10.8. The van der Waals surface area contributed by atoms with E-state index < -0.39 is 5.97 Å². The fourth-order valence-corrected chi connectivity index (χ4v) is 2.25. The Kier molecular flexibility index (Phi) is 2.95. The molecule has 5 nitrogen and oxygen atoms in total. The molecule has 3 aromatic rings. The summed E-state index contributed by atoms with van der Waals surface area (Å²) in [5.74, 6) is 0.425. The third-order valence-corrected chi connectivity index (χ3v) is 3.22. The van der Waals surface area contributed by atoms with Crippen LogP contribution in [0.5, 0.6) is 5.75 Å². The number of aromatic carboxylic acids is 1. The molecule has 20 heavy (non-hydrogen) atoms. The molecule has 0 aliphatic rings. The van der Waals surface area contributed by atoms with E-state index in [2.05, 4.69) is 0 Å². The van der Waals surface area contributed by atoms with Crippen LogP contribution in [0.3, 0.4) is 0 Å². The van der Waals surface area contributed by atoms with Crippen LogP contribution >= 0.6 is 0 Å². The van der Waals surface area contributed by atoms with Gasteiger partial charge in [-0.3, -0.25) is 0 Å². The van der Waals surface area contributed by atoms with Gasteiger partial charge in [-0.25, -0.2) is 4.79 Å². The summed E-state index contributed by atoms with van der Waals surface area (Å²) < 4.78 is 12.6. The minimum Gasteiger partial charge on any atom is -0.496 e. The molecule has 102 valence electrons. The smallest absolute Gasteiger partial charge is 0.338 e. The molecule has 0 amide bonds. The summed E-state index contributed by atoms with van der Waals surface area (Å²) in [6, 6.07) is 9.31. The molecule has 3 rings (SSSR count). The van der Waals surface area contributed by atoms with Crippen molar-refractivity contribution in [2.45, 2.75) is 6.54 Å². The first kappa shape index (κ1) is 12.3. The molecule has 0 fully saturated rings. The minimum absolute atomic E-state index is 0.161. The molecule has 0 aliphatic heterocycles. The molecule has 0 unspecified atom stereocenters. The number of furan rings is 1. The van der Waals surface area contributed by atoms with Crippen LogP contribution in [-0.2, 0) is 6.54 Å². The topological polar surface area (TPSA) is 64.6 Å². The molecule has 0 aliphatic carbocycles. The van der Waals surface area contributed by atoms with Crippen LogP contribution in [0.25, 0.3) is 10.9 Å². The molecule has 5 heteroatoms. The fraction of sp³-hybridized carbons (Fsp3) is 0.133. The van der Waals surface area contributed by atoms with Crippen molar-refractivity contribution >= 4 is 16.9 Å². The lowest BCUT2D eigenvalue weighted by Gasteiger charge is -2.05. The summed E-state index contributed by atoms with van der Waals surface area (Å²) in [5.41, 5.74) is 1.17. The van der Waals surface area contributed by atoms with Gasteiger partial charge in [0.1, 0.15) is 17.8 Å². The van der Waals surface area contributed by atoms with Crippen LogP contribution in [-0.4, -0.2) is 22.8 Å². The van der Waals surface area contributed by atoms with Gasteiger partial charge in [0.15, 0.2) is 0 Å². The van der Waals surface area contributed by atoms with E-state index in [1.165, 1.54) is 12.3 Å². The number of aromatic nitrogens is 1. The van der Waals surface area contributed by atoms with E-state index in [-0.39, 0.29) is 5.56 Å². The molecule has 0 saturated carbocycles. The van der Waals surface area contributed by atoms with Crippen molar-refractivity contribution in [2.24, 2.45) is 0 Å². The van der Waals surface area contributed by atoms with Gasteiger partial charge < -0.3 is 18.8 Å². The van der Waals surface area contributed by atoms with Crippen LogP contribution in [0.4, 0.5) is 0 Å². The Morgan fingerprint density at radius 3 is 2.95 bits per heavy atom. The summed E-state index contributed by atoms with van der Waals surface area (Å²) in [5, 5.41) is 9.89. The Morgan fingerprint density at radius 1 is 1.40 bits per heavy atom. The number of carbonyl (C=O) groups is 1. The van der Waals surface area contributed by atoms with Crippen LogP contribution in [0.15, 0.2) is 47.2 Å². The van der Waals surface area contributed by atoms with E-state index in [1.54, 1.807) is 7.11 Å². The van der Waals surface area contributed by atoms with Gasteiger partial charge >= 0.3 is 5.97 Å². The lowest BCUT2D eigenvalue weighted by Crippen LogP contribution is -1.97. The van der Waals surface area contributed by atoms with Gasteiger partial charge in [0, 0.05) is 11.6 Å². The Labute approximate surface area is 115 Å². The van der Waals surface area contributed by atoms with Crippen molar-refractivity contribution < 1.29 is 19.1 Å². The van der Waals surface area contributed by atoms with Gasteiger partial charge in [-0.1, -0.05) is 6.07 Å². The predicted octanol–water partition coefficient (Wildman–Crippen LogP) is 2.99. The van der Waals surface area contributed by atoms with Gasteiger partial charge in [-0.05, 0) is 24.3 Å². The van der Waals surface area contributed by atoms with Crippen LogP contribution in [0.2, 0.25) is 0 Å². The number of rotatable bonds is 4. The van der Waals surface area contributed by atoms with E-state index in [9.17, 15) is 4.79 Å². The van der Waals surface area contributed by atoms with Crippen molar-refractivity contribution in [3.8, 4) is 5.75 Å². The minimum atomic E-state index is -0.987. The second-order valence-corrected chi connectivity index (χ2v) is 4.44. The van der Waals surface area contributed by atoms with Crippen molar-refractivity contribution in [1.29, 1.82) is 0 Å². The molecule has 0 bridgehead atoms. The number of ether oxygens (including phenoxy) is 1. The van der Waals surface area contributed by atoms with Gasteiger partial charge in [-0.2, -0.15) is 0 Å². The van der Waals surface area contributed by atoms with Crippen molar-refractivity contribution in [1.82, 2.24) is 4.57 Å². The summed E-state index contributed by atoms with van der Waals surface area (Å²) >= 11 is 0. The van der Waals surface area contributed by atoms with E-state index in [4.69, 9.17) is 14.3 Å². The summed E-state index contributed by atoms with van der Waals surface area (Å²) in [7, 11) is 1.64. The molecular formula is C15H13NO4. The van der Waals surface area contributed by atoms with Gasteiger partial charge in [0.25, 0.3) is 0 Å². The summed E-state index contributed by atoms with van der Waals surface area (Å²) in [6.45, 7) is 0.476. The first-order valence-electron chi connectivity index (χ1n) is 6.11. The number of carboxylic acids is 1. The molecule has 0 radical (unpaired) electrons. The molecule has 1 N–H and O–H groups in total. The van der Waals surface area contributed by atoms with E-state index >= 15 is 0 Å². The number of hydrogen-bond donors (Lipinski definition) is 1. The van der Waals surface area contributed by atoms with Crippen molar-refractivity contribution in [3.63, 3.8) is 0 Å². The average Bonchev–Trinajstić information content (AvgIpc) is 3.06. The fourth-order valence-electron chi connectivity index (χ4n) is 2.25. The number of hydrogen-bond acceptors (Lipinski definition) is 3. The highest BCUT2D eigenvalue weighted by molar-refractivity contribution is 5.87. The molecule has 0 saturated heterocycles. The Hall–Kier alpha value is -2.69. The molecule has 1 aromatic carbocycles. The predicted molar refractivity (Wildman–Crippen MR) is 73.3 cm³/mol. The maximum atomic E-state index is 10.8. The van der Waals surface area contributed by atoms with Crippen molar-refractivity contribution in [2.75, 3.05) is 7.11 Å². The van der Waals surface area contributed by atoms with Gasteiger partial charge in [0.05, 0.1) is 24.7 Å². The lowest BCUT2D eigenvalue weighted by molar-refractivity contribution is 0.0696. The van der Waals surface area contributed by atoms with Crippen LogP contribution in [0, 0.1) is 0 Å². The third kappa shape index (κ3) is 2.03. The van der Waals surface area contributed by atoms with Gasteiger partial charge in [-0.15, -0.1) is 0 Å². The Balaban J connectivity index is 1.96. The van der Waals surface area contributed by atoms with Crippen molar-refractivity contribution in [3.05, 3.63) is 54.1 Å². The van der Waals surface area contributed by atoms with Crippen LogP contribution in [0.1, 0.15) is 16.1 Å². The number of methoxy groups -OCH3 is 1. The molecule has 0 atom stereocenters. The Bertz CT molecular complexity index is 769. The average molecular weight is 271 g/mol. The number of fused-ring (bicyclic) bond motifs is 1. The largest absolute Gasteiger partial charge is 0.496 e. The Morgan fingerprint density at radius 2 is 2.25 bits per heavy atom. The third-order valence-electron chi connectivity index (χ3n) is 3.22. The quantitative estimate of drug-likeness (QED) is 0.792. The lowest BCUT2D eigenvalue weighted by atomic mass is 10.2. The number of benzene rings is 1. The highest BCUT2D eigenvalue weighted by Gasteiger charge is 2.11. The second kappa shape index (κ2) is 4.77. The molecular weight excluding hydrogens is 258 g/mol. The SMILES string of the molecule is COc1cccc2c1ccn2Cc1cc(C(=O)O)co1. The standard InChI is InChI=1S/C15H13NO4/c1-19-14-4-2-3-13-12(14)5-6-16(13)8-11-7-10(9-20-11)15(17)18/h2-7,9H,8H2,1H3,(H,17,18). The molecule has 0 spiro atoms. The number of nitrogens with zero attached hydrogens (tertiary/aromatic N) is 1. The second-order valence-electron chi connectivity index (χ2n) is 4.44. The monoisotopic (exact) mass is 271 g/mol. The normalized spacial score (nSPS) is 10.8. The highest BCUT2D eigenvalue weighted by atomic mass is 16.5. The summed E-state index contributed by atoms with van der Waals surface area (Å²) in [6.07, 6.45) is 3.18. The van der Waals surface area contributed by atoms with Gasteiger partial charge in [0.2, 0.25) is 0 Å². The zero-order valence-corrected chi connectivity index (χ0v) is 10.9. The van der Waals surface area contributed by atoms with Crippen LogP contribution < -0.4 is 4.74 Å². The molecule has 2 aromatic heterocycles. The molecule has 2 heterocycles. The maximum Gasteiger partial charge on any atom is 0.338 e. The zero-order chi connectivity index (χ0) is 14.1. The first-order valence-corrected chi connectivity index (χ1v) is 6.11.